The molecule has 0 unspecified atom stereocenters. The van der Waals surface area contributed by atoms with Gasteiger partial charge in [-0.3, -0.25) is 4.79 Å². The second kappa shape index (κ2) is 6.75. The van der Waals surface area contributed by atoms with Crippen molar-refractivity contribution in [1.29, 1.82) is 5.26 Å². The molecule has 0 aromatic rings. The van der Waals surface area contributed by atoms with Crippen LogP contribution in [-0.4, -0.2) is 37.1 Å². The smallest absolute Gasteiger partial charge is 0.248 e. The number of carbonyl (C=O) groups is 1. The zero-order chi connectivity index (χ0) is 13.6. The van der Waals surface area contributed by atoms with E-state index in [1.807, 2.05) is 6.07 Å². The summed E-state index contributed by atoms with van der Waals surface area (Å²) in [6.07, 6.45) is 5.02. The largest absolute Gasteiger partial charge is 0.368 e. The fourth-order valence-corrected chi connectivity index (χ4v) is 2.18. The van der Waals surface area contributed by atoms with Crippen LogP contribution in [0.25, 0.3) is 0 Å². The first-order valence-electron chi connectivity index (χ1n) is 6.67. The van der Waals surface area contributed by atoms with Gasteiger partial charge in [-0.2, -0.15) is 5.26 Å². The molecule has 1 fully saturated rings. The molecular weight excluding hydrogens is 228 g/mol. The number of carbonyl (C=O) groups excluding carboxylic acids is 1. The van der Waals surface area contributed by atoms with Crippen LogP contribution in [0.3, 0.4) is 0 Å². The molecule has 102 valence electrons. The van der Waals surface area contributed by atoms with Gasteiger partial charge in [0.15, 0.2) is 0 Å². The predicted octanol–water partition coefficient (Wildman–Crippen LogP) is 2.34. The van der Waals surface area contributed by atoms with Crippen LogP contribution in [0.5, 0.6) is 0 Å². The molecule has 0 aromatic heterocycles. The van der Waals surface area contributed by atoms with Crippen molar-refractivity contribution in [3.05, 3.63) is 0 Å². The van der Waals surface area contributed by atoms with Crippen LogP contribution in [0, 0.1) is 16.7 Å². The van der Waals surface area contributed by atoms with Crippen LogP contribution in [0.2, 0.25) is 0 Å². The highest BCUT2D eigenvalue weighted by molar-refractivity contribution is 5.77. The fourth-order valence-electron chi connectivity index (χ4n) is 2.18. The van der Waals surface area contributed by atoms with Gasteiger partial charge in [0, 0.05) is 13.6 Å². The second-order valence-corrected chi connectivity index (χ2v) is 5.90. The van der Waals surface area contributed by atoms with E-state index >= 15 is 0 Å². The Hall–Kier alpha value is -1.08. The normalized spacial score (nSPS) is 19.2. The van der Waals surface area contributed by atoms with Crippen LogP contribution in [0.1, 0.15) is 46.0 Å². The van der Waals surface area contributed by atoms with E-state index in [1.165, 1.54) is 0 Å². The molecule has 0 atom stereocenters. The third-order valence-electron chi connectivity index (χ3n) is 3.71. The number of likely N-dealkylation sites (N-methyl/N-ethyl adjacent to an activating group) is 1. The monoisotopic (exact) mass is 252 g/mol. The number of hydrogen-bond donors (Lipinski definition) is 0. The van der Waals surface area contributed by atoms with E-state index < -0.39 is 0 Å². The van der Waals surface area contributed by atoms with E-state index in [4.69, 9.17) is 10.00 Å². The van der Waals surface area contributed by atoms with Gasteiger partial charge in [-0.05, 0) is 31.1 Å². The Bertz CT molecular complexity index is 310. The van der Waals surface area contributed by atoms with Crippen molar-refractivity contribution in [3.63, 3.8) is 0 Å². The first kappa shape index (κ1) is 15.0. The highest BCUT2D eigenvalue weighted by Gasteiger charge is 2.27. The van der Waals surface area contributed by atoms with Crippen LogP contribution >= 0.6 is 0 Å². The maximum atomic E-state index is 11.7. The van der Waals surface area contributed by atoms with Gasteiger partial charge in [0.25, 0.3) is 0 Å². The number of hydrogen-bond acceptors (Lipinski definition) is 3. The lowest BCUT2D eigenvalue weighted by Gasteiger charge is -2.34. The Morgan fingerprint density at radius 1 is 1.44 bits per heavy atom. The molecule has 1 saturated carbocycles. The zero-order valence-corrected chi connectivity index (χ0v) is 11.7. The number of nitrogens with zero attached hydrogens (tertiary/aromatic N) is 2. The van der Waals surface area contributed by atoms with Gasteiger partial charge in [-0.25, -0.2) is 0 Å². The molecule has 0 aromatic carbocycles. The van der Waals surface area contributed by atoms with Gasteiger partial charge in [0.05, 0.1) is 18.6 Å². The molecule has 0 aliphatic heterocycles. The van der Waals surface area contributed by atoms with E-state index in [9.17, 15) is 4.79 Å². The van der Waals surface area contributed by atoms with Crippen molar-refractivity contribution in [2.75, 3.05) is 20.2 Å². The van der Waals surface area contributed by atoms with Crippen molar-refractivity contribution in [3.8, 4) is 6.07 Å². The molecule has 1 amide bonds. The maximum absolute atomic E-state index is 11.7. The molecule has 0 N–H and O–H groups in total. The van der Waals surface area contributed by atoms with Gasteiger partial charge in [-0.15, -0.1) is 0 Å². The van der Waals surface area contributed by atoms with E-state index in [-0.39, 0.29) is 18.6 Å². The van der Waals surface area contributed by atoms with E-state index in [0.717, 1.165) is 25.7 Å². The van der Waals surface area contributed by atoms with Gasteiger partial charge in [-0.1, -0.05) is 13.8 Å². The van der Waals surface area contributed by atoms with Gasteiger partial charge in [0.2, 0.25) is 5.91 Å². The molecule has 1 aliphatic rings. The highest BCUT2D eigenvalue weighted by atomic mass is 16.5. The summed E-state index contributed by atoms with van der Waals surface area (Å²) < 4.78 is 5.67. The lowest BCUT2D eigenvalue weighted by molar-refractivity contribution is -0.137. The Labute approximate surface area is 110 Å². The summed E-state index contributed by atoms with van der Waals surface area (Å²) in [5, 5.41) is 8.46. The van der Waals surface area contributed by atoms with Crippen LogP contribution < -0.4 is 0 Å². The molecule has 0 bridgehead atoms. The molecule has 1 aliphatic carbocycles. The summed E-state index contributed by atoms with van der Waals surface area (Å²) in [4.78, 5) is 13.3. The molecule has 0 heterocycles. The molecule has 0 saturated heterocycles. The summed E-state index contributed by atoms with van der Waals surface area (Å²) in [6.45, 7) is 5.19. The Morgan fingerprint density at radius 2 is 2.06 bits per heavy atom. The molecule has 18 heavy (non-hydrogen) atoms. The number of rotatable bonds is 5. The Morgan fingerprint density at radius 3 is 2.61 bits per heavy atom. The summed E-state index contributed by atoms with van der Waals surface area (Å²) >= 11 is 0. The first-order valence-corrected chi connectivity index (χ1v) is 6.67. The SMILES string of the molecule is CN(CCC#N)C(=O)COC1CCC(C)(C)CC1. The van der Waals surface area contributed by atoms with Crippen molar-refractivity contribution in [1.82, 2.24) is 4.90 Å². The third-order valence-corrected chi connectivity index (χ3v) is 3.71. The lowest BCUT2D eigenvalue weighted by Crippen LogP contribution is -2.34. The second-order valence-electron chi connectivity index (χ2n) is 5.90. The van der Waals surface area contributed by atoms with Gasteiger partial charge >= 0.3 is 0 Å². The van der Waals surface area contributed by atoms with Crippen molar-refractivity contribution in [2.24, 2.45) is 5.41 Å². The number of nitriles is 1. The number of amides is 1. The standard InChI is InChI=1S/C14H24N2O2/c1-14(2)7-5-12(6-8-14)18-11-13(17)16(3)10-4-9-15/h12H,4-8,10-11H2,1-3H3. The molecule has 4 heteroatoms. The Kier molecular flexibility index (Phi) is 5.61. The summed E-state index contributed by atoms with van der Waals surface area (Å²) in [7, 11) is 1.72. The molecule has 0 radical (unpaired) electrons. The minimum atomic E-state index is -0.0323. The highest BCUT2D eigenvalue weighted by Crippen LogP contribution is 2.36. The van der Waals surface area contributed by atoms with Crippen molar-refractivity contribution < 1.29 is 9.53 Å². The van der Waals surface area contributed by atoms with Gasteiger partial charge < -0.3 is 9.64 Å². The summed E-state index contributed by atoms with van der Waals surface area (Å²) in [5.74, 6) is -0.0323. The van der Waals surface area contributed by atoms with E-state index in [1.54, 1.807) is 11.9 Å². The average Bonchev–Trinajstić information content (AvgIpc) is 2.34. The average molecular weight is 252 g/mol. The lowest BCUT2D eigenvalue weighted by atomic mass is 9.76. The minimum Gasteiger partial charge on any atom is -0.368 e. The fraction of sp³-hybridized carbons (Fsp3) is 0.857. The summed E-state index contributed by atoms with van der Waals surface area (Å²) in [6, 6.07) is 2.03. The van der Waals surface area contributed by atoms with Crippen LogP contribution in [0.15, 0.2) is 0 Å². The third kappa shape index (κ3) is 5.05. The topological polar surface area (TPSA) is 53.3 Å². The first-order chi connectivity index (χ1) is 8.44. The molecule has 4 nitrogen and oxygen atoms in total. The zero-order valence-electron chi connectivity index (χ0n) is 11.7. The molecule has 1 rings (SSSR count). The van der Waals surface area contributed by atoms with Crippen molar-refractivity contribution in [2.45, 2.75) is 52.1 Å². The van der Waals surface area contributed by atoms with E-state index in [2.05, 4.69) is 13.8 Å². The quantitative estimate of drug-likeness (QED) is 0.754. The van der Waals surface area contributed by atoms with Crippen molar-refractivity contribution >= 4 is 5.91 Å². The molecule has 0 spiro atoms. The van der Waals surface area contributed by atoms with Crippen LogP contribution in [-0.2, 0) is 9.53 Å². The van der Waals surface area contributed by atoms with Gasteiger partial charge in [0.1, 0.15) is 6.61 Å². The van der Waals surface area contributed by atoms with Crippen LogP contribution in [0.4, 0.5) is 0 Å². The molecular formula is C14H24N2O2. The predicted molar refractivity (Wildman–Crippen MR) is 69.9 cm³/mol. The van der Waals surface area contributed by atoms with E-state index in [0.29, 0.717) is 18.4 Å². The minimum absolute atomic E-state index is 0.0323. The number of ether oxygens (including phenoxy) is 1. The maximum Gasteiger partial charge on any atom is 0.248 e. The Balaban J connectivity index is 2.21. The summed E-state index contributed by atoms with van der Waals surface area (Å²) in [5.41, 5.74) is 0.424.